The van der Waals surface area contributed by atoms with Gasteiger partial charge in [-0.15, -0.1) is 0 Å². The van der Waals surface area contributed by atoms with Crippen LogP contribution in [0.2, 0.25) is 10.0 Å². The van der Waals surface area contributed by atoms with Crippen LogP contribution in [0.25, 0.3) is 0 Å². The van der Waals surface area contributed by atoms with Crippen molar-refractivity contribution in [3.8, 4) is 0 Å². The van der Waals surface area contributed by atoms with Crippen molar-refractivity contribution in [2.75, 3.05) is 5.32 Å². The summed E-state index contributed by atoms with van der Waals surface area (Å²) >= 11 is 12.6. The van der Waals surface area contributed by atoms with Gasteiger partial charge in [0.05, 0.1) is 29.1 Å². The Kier molecular flexibility index (Phi) is 5.19. The number of para-hydroxylation sites is 1. The number of primary amides is 1. The Labute approximate surface area is 199 Å². The largest absolute Gasteiger partial charge is 0.370 e. The first kappa shape index (κ1) is 21.9. The molecule has 0 saturated carbocycles. The maximum absolute atomic E-state index is 13.7. The van der Waals surface area contributed by atoms with Crippen LogP contribution in [0.5, 0.6) is 0 Å². The number of likely N-dealkylation sites (tertiary alicyclic amines) is 1. The monoisotopic (exact) mass is 486 g/mol. The highest BCUT2D eigenvalue weighted by molar-refractivity contribution is 6.35. The van der Waals surface area contributed by atoms with Gasteiger partial charge in [0.25, 0.3) is 0 Å². The zero-order valence-corrected chi connectivity index (χ0v) is 18.8. The summed E-state index contributed by atoms with van der Waals surface area (Å²) in [6.07, 6.45) is 0.216. The van der Waals surface area contributed by atoms with Gasteiger partial charge in [0.2, 0.25) is 23.6 Å². The minimum atomic E-state index is -1.48. The summed E-state index contributed by atoms with van der Waals surface area (Å²) in [5.74, 6) is -3.70. The SMILES string of the molecule is NC(=O)CCC1NC2(C(=O)Nc3c(Cl)cccc32)C2C(=O)N(Cc3ccccc3Cl)C(=O)C12. The average molecular weight is 487 g/mol. The summed E-state index contributed by atoms with van der Waals surface area (Å²) in [6, 6.07) is 11.4. The standard InChI is InChI=1S/C23H20Cl2N4O4/c24-13-6-2-1-4-11(13)10-29-20(31)17-15(8-9-16(26)30)28-23(18(17)21(29)32)12-5-3-7-14(25)19(12)27-22(23)33/h1-7,15,17-18,28H,8-10H2,(H2,26,30)(H,27,33). The predicted molar refractivity (Wildman–Crippen MR) is 121 cm³/mol. The molecule has 4 amide bonds. The number of fused-ring (bicyclic) bond motifs is 4. The highest BCUT2D eigenvalue weighted by atomic mass is 35.5. The number of rotatable bonds is 5. The molecule has 10 heteroatoms. The zero-order chi connectivity index (χ0) is 23.5. The molecular weight excluding hydrogens is 467 g/mol. The first-order chi connectivity index (χ1) is 15.8. The minimum Gasteiger partial charge on any atom is -0.370 e. The quantitative estimate of drug-likeness (QED) is 0.559. The molecule has 2 saturated heterocycles. The lowest BCUT2D eigenvalue weighted by Crippen LogP contribution is -2.53. The second-order valence-electron chi connectivity index (χ2n) is 8.54. The molecule has 1 spiro atoms. The lowest BCUT2D eigenvalue weighted by molar-refractivity contribution is -0.143. The van der Waals surface area contributed by atoms with Crippen LogP contribution in [0.1, 0.15) is 24.0 Å². The Morgan fingerprint density at radius 2 is 1.76 bits per heavy atom. The van der Waals surface area contributed by atoms with Crippen molar-refractivity contribution >= 4 is 52.5 Å². The summed E-state index contributed by atoms with van der Waals surface area (Å²) in [5.41, 5.74) is 5.41. The van der Waals surface area contributed by atoms with Gasteiger partial charge in [0.15, 0.2) is 0 Å². The van der Waals surface area contributed by atoms with Gasteiger partial charge < -0.3 is 11.1 Å². The van der Waals surface area contributed by atoms with E-state index < -0.39 is 47.0 Å². The van der Waals surface area contributed by atoms with Crippen molar-refractivity contribution in [3.63, 3.8) is 0 Å². The first-order valence-corrected chi connectivity index (χ1v) is 11.3. The molecule has 170 valence electrons. The first-order valence-electron chi connectivity index (χ1n) is 10.5. The number of hydrogen-bond donors (Lipinski definition) is 3. The third kappa shape index (κ3) is 3.16. The van der Waals surface area contributed by atoms with Crippen LogP contribution in [0.4, 0.5) is 5.69 Å². The molecule has 2 fully saturated rings. The number of amides is 4. The zero-order valence-electron chi connectivity index (χ0n) is 17.3. The van der Waals surface area contributed by atoms with Crippen LogP contribution in [-0.4, -0.2) is 34.6 Å². The smallest absolute Gasteiger partial charge is 0.250 e. The Bertz CT molecular complexity index is 1220. The van der Waals surface area contributed by atoms with Crippen LogP contribution in [-0.2, 0) is 31.3 Å². The molecule has 2 aromatic carbocycles. The molecule has 4 N–H and O–H groups in total. The fourth-order valence-electron chi connectivity index (χ4n) is 5.35. The van der Waals surface area contributed by atoms with Crippen LogP contribution in [0, 0.1) is 11.8 Å². The van der Waals surface area contributed by atoms with Crippen molar-refractivity contribution < 1.29 is 19.2 Å². The molecule has 5 rings (SSSR count). The number of benzene rings is 2. The van der Waals surface area contributed by atoms with Gasteiger partial charge >= 0.3 is 0 Å². The van der Waals surface area contributed by atoms with E-state index in [0.29, 0.717) is 26.9 Å². The van der Waals surface area contributed by atoms with Crippen molar-refractivity contribution in [1.82, 2.24) is 10.2 Å². The minimum absolute atomic E-state index is 0.00692. The van der Waals surface area contributed by atoms with Crippen molar-refractivity contribution in [1.29, 1.82) is 0 Å². The molecule has 0 radical (unpaired) electrons. The van der Waals surface area contributed by atoms with E-state index in [1.807, 2.05) is 0 Å². The summed E-state index contributed by atoms with van der Waals surface area (Å²) in [6.45, 7) is -0.00696. The van der Waals surface area contributed by atoms with Crippen LogP contribution < -0.4 is 16.4 Å². The fourth-order valence-corrected chi connectivity index (χ4v) is 5.77. The maximum atomic E-state index is 13.7. The number of nitrogens with two attached hydrogens (primary N) is 1. The van der Waals surface area contributed by atoms with Crippen molar-refractivity contribution in [2.24, 2.45) is 17.6 Å². The second kappa shape index (κ2) is 7.83. The number of imide groups is 1. The Morgan fingerprint density at radius 3 is 2.48 bits per heavy atom. The fraction of sp³-hybridized carbons (Fsp3) is 0.304. The van der Waals surface area contributed by atoms with Crippen molar-refractivity contribution in [2.45, 2.75) is 31.0 Å². The number of halogens is 2. The van der Waals surface area contributed by atoms with Crippen LogP contribution in [0.3, 0.4) is 0 Å². The molecule has 4 atom stereocenters. The summed E-state index contributed by atoms with van der Waals surface area (Å²) in [7, 11) is 0. The van der Waals surface area contributed by atoms with E-state index in [4.69, 9.17) is 28.9 Å². The molecule has 4 unspecified atom stereocenters. The Hall–Kier alpha value is -2.94. The highest BCUT2D eigenvalue weighted by Gasteiger charge is 2.70. The maximum Gasteiger partial charge on any atom is 0.250 e. The summed E-state index contributed by atoms with van der Waals surface area (Å²) in [4.78, 5) is 53.3. The number of carbonyl (C=O) groups excluding carboxylic acids is 4. The van der Waals surface area contributed by atoms with Crippen LogP contribution >= 0.6 is 23.2 Å². The van der Waals surface area contributed by atoms with E-state index in [0.717, 1.165) is 4.90 Å². The van der Waals surface area contributed by atoms with E-state index in [-0.39, 0.29) is 19.4 Å². The van der Waals surface area contributed by atoms with Gasteiger partial charge in [0, 0.05) is 23.0 Å². The van der Waals surface area contributed by atoms with Gasteiger partial charge in [-0.1, -0.05) is 53.5 Å². The van der Waals surface area contributed by atoms with Crippen LogP contribution in [0.15, 0.2) is 42.5 Å². The van der Waals surface area contributed by atoms with Gasteiger partial charge in [-0.3, -0.25) is 29.4 Å². The molecule has 2 aromatic rings. The summed E-state index contributed by atoms with van der Waals surface area (Å²) in [5, 5.41) is 6.79. The van der Waals surface area contributed by atoms with Gasteiger partial charge in [-0.05, 0) is 24.1 Å². The molecule has 0 aromatic heterocycles. The van der Waals surface area contributed by atoms with Crippen molar-refractivity contribution in [3.05, 3.63) is 63.6 Å². The van der Waals surface area contributed by atoms with E-state index in [1.165, 1.54) is 0 Å². The number of nitrogens with zero attached hydrogens (tertiary/aromatic N) is 1. The normalized spacial score (nSPS) is 27.8. The van der Waals surface area contributed by atoms with E-state index in [2.05, 4.69) is 10.6 Å². The second-order valence-corrected chi connectivity index (χ2v) is 9.35. The highest BCUT2D eigenvalue weighted by Crippen LogP contribution is 2.54. The topological polar surface area (TPSA) is 122 Å². The number of nitrogens with one attached hydrogen (secondary N) is 2. The van der Waals surface area contributed by atoms with E-state index in [1.54, 1.807) is 42.5 Å². The predicted octanol–water partition coefficient (Wildman–Crippen LogP) is 2.18. The van der Waals surface area contributed by atoms with Gasteiger partial charge in [-0.2, -0.15) is 0 Å². The molecular formula is C23H20Cl2N4O4. The average Bonchev–Trinajstić information content (AvgIpc) is 3.35. The molecule has 3 aliphatic heterocycles. The summed E-state index contributed by atoms with van der Waals surface area (Å²) < 4.78 is 0. The van der Waals surface area contributed by atoms with Gasteiger partial charge in [0.1, 0.15) is 5.54 Å². The molecule has 3 heterocycles. The van der Waals surface area contributed by atoms with E-state index in [9.17, 15) is 19.2 Å². The lowest BCUT2D eigenvalue weighted by atomic mass is 9.76. The van der Waals surface area contributed by atoms with E-state index >= 15 is 0 Å². The number of carbonyl (C=O) groups is 4. The third-order valence-electron chi connectivity index (χ3n) is 6.78. The Morgan fingerprint density at radius 1 is 1.03 bits per heavy atom. The molecule has 0 bridgehead atoms. The number of hydrogen-bond acceptors (Lipinski definition) is 5. The Balaban J connectivity index is 1.60. The number of anilines is 1. The third-order valence-corrected chi connectivity index (χ3v) is 7.46. The molecule has 8 nitrogen and oxygen atoms in total. The lowest BCUT2D eigenvalue weighted by Gasteiger charge is -2.29. The molecule has 0 aliphatic carbocycles. The molecule has 33 heavy (non-hydrogen) atoms. The molecule has 3 aliphatic rings. The van der Waals surface area contributed by atoms with Gasteiger partial charge in [-0.25, -0.2) is 0 Å².